The van der Waals surface area contributed by atoms with Crippen LogP contribution in [0.15, 0.2) is 78.0 Å². The lowest BCUT2D eigenvalue weighted by molar-refractivity contribution is 0.0635. The Hall–Kier alpha value is -3.58. The van der Waals surface area contributed by atoms with Crippen LogP contribution in [0.1, 0.15) is 58.2 Å². The number of carbonyl (C=O) groups excluding carboxylic acids is 2. The summed E-state index contributed by atoms with van der Waals surface area (Å²) in [5.74, 6) is 0.659. The van der Waals surface area contributed by atoms with Gasteiger partial charge in [-0.05, 0) is 93.3 Å². The molecule has 36 heavy (non-hydrogen) atoms. The highest BCUT2D eigenvalue weighted by atomic mass is 32.2. The number of hydrogen-bond donors (Lipinski definition) is 1. The predicted octanol–water partition coefficient (Wildman–Crippen LogP) is 6.20. The van der Waals surface area contributed by atoms with Gasteiger partial charge in [-0.25, -0.2) is 4.98 Å². The van der Waals surface area contributed by atoms with Crippen molar-refractivity contribution < 1.29 is 9.59 Å². The van der Waals surface area contributed by atoms with Gasteiger partial charge < -0.3 is 14.6 Å². The molecule has 1 N–H and O–H groups in total. The number of hydrogen-bond acceptors (Lipinski definition) is 4. The van der Waals surface area contributed by atoms with Crippen LogP contribution >= 0.6 is 11.8 Å². The van der Waals surface area contributed by atoms with Gasteiger partial charge in [0.15, 0.2) is 0 Å². The van der Waals surface area contributed by atoms with Gasteiger partial charge in [0.05, 0.1) is 5.69 Å². The Kier molecular flexibility index (Phi) is 7.09. The Bertz CT molecular complexity index is 1360. The van der Waals surface area contributed by atoms with Crippen molar-refractivity contribution in [3.8, 4) is 0 Å². The molecule has 0 saturated carbocycles. The summed E-state index contributed by atoms with van der Waals surface area (Å²) in [6.45, 7) is 4.84. The zero-order valence-electron chi connectivity index (χ0n) is 20.6. The SMILES string of the molecule is Cc1cc(C(=O)N2CCCCC2C)ccc1NC(=O)c1ccc(SCc2cn3ccccc3n2)cc1. The van der Waals surface area contributed by atoms with Crippen LogP contribution in [-0.4, -0.2) is 38.7 Å². The van der Waals surface area contributed by atoms with E-state index in [1.165, 1.54) is 6.42 Å². The lowest BCUT2D eigenvalue weighted by Crippen LogP contribution is -2.42. The van der Waals surface area contributed by atoms with Gasteiger partial charge in [0, 0.05) is 52.4 Å². The number of benzene rings is 2. The lowest BCUT2D eigenvalue weighted by atomic mass is 10.0. The molecule has 2 aromatic heterocycles. The van der Waals surface area contributed by atoms with Crippen molar-refractivity contribution in [3.05, 3.63) is 95.4 Å². The summed E-state index contributed by atoms with van der Waals surface area (Å²) in [6.07, 6.45) is 7.32. The minimum Gasteiger partial charge on any atom is -0.336 e. The second-order valence-corrected chi connectivity index (χ2v) is 10.4. The third kappa shape index (κ3) is 5.31. The molecule has 2 amide bonds. The second-order valence-electron chi connectivity index (χ2n) is 9.34. The summed E-state index contributed by atoms with van der Waals surface area (Å²) in [7, 11) is 0. The third-order valence-electron chi connectivity index (χ3n) is 6.70. The number of nitrogens with one attached hydrogen (secondary N) is 1. The van der Waals surface area contributed by atoms with Crippen LogP contribution in [-0.2, 0) is 5.75 Å². The molecule has 2 aromatic carbocycles. The number of rotatable bonds is 6. The smallest absolute Gasteiger partial charge is 0.255 e. The first-order chi connectivity index (χ1) is 17.5. The van der Waals surface area contributed by atoms with Crippen LogP contribution in [0.2, 0.25) is 0 Å². The number of imidazole rings is 1. The van der Waals surface area contributed by atoms with Crippen molar-refractivity contribution in [1.29, 1.82) is 0 Å². The molecular weight excluding hydrogens is 468 g/mol. The van der Waals surface area contributed by atoms with Crippen molar-refractivity contribution in [1.82, 2.24) is 14.3 Å². The molecule has 1 atom stereocenters. The molecule has 0 bridgehead atoms. The van der Waals surface area contributed by atoms with E-state index in [0.717, 1.165) is 46.9 Å². The normalized spacial score (nSPS) is 15.7. The van der Waals surface area contributed by atoms with E-state index in [2.05, 4.69) is 17.2 Å². The van der Waals surface area contributed by atoms with Crippen LogP contribution in [0.5, 0.6) is 0 Å². The Balaban J connectivity index is 1.19. The van der Waals surface area contributed by atoms with Crippen LogP contribution < -0.4 is 5.32 Å². The van der Waals surface area contributed by atoms with Crippen molar-refractivity contribution in [3.63, 3.8) is 0 Å². The number of amides is 2. The molecule has 0 aliphatic carbocycles. The first-order valence-electron chi connectivity index (χ1n) is 12.4. The van der Waals surface area contributed by atoms with Crippen molar-refractivity contribution in [2.24, 2.45) is 0 Å². The van der Waals surface area contributed by atoms with E-state index in [4.69, 9.17) is 0 Å². The molecule has 1 unspecified atom stereocenters. The summed E-state index contributed by atoms with van der Waals surface area (Å²) in [4.78, 5) is 33.5. The van der Waals surface area contributed by atoms with Gasteiger partial charge in [0.25, 0.3) is 11.8 Å². The summed E-state index contributed by atoms with van der Waals surface area (Å²) >= 11 is 1.69. The van der Waals surface area contributed by atoms with E-state index >= 15 is 0 Å². The van der Waals surface area contributed by atoms with Gasteiger partial charge in [0.1, 0.15) is 5.65 Å². The fourth-order valence-corrected chi connectivity index (χ4v) is 5.40. The van der Waals surface area contributed by atoms with Crippen molar-refractivity contribution >= 4 is 34.9 Å². The number of anilines is 1. The molecule has 1 aliphatic heterocycles. The molecule has 3 heterocycles. The highest BCUT2D eigenvalue weighted by molar-refractivity contribution is 7.98. The average molecular weight is 499 g/mol. The summed E-state index contributed by atoms with van der Waals surface area (Å²) < 4.78 is 2.02. The van der Waals surface area contributed by atoms with Gasteiger partial charge in [0.2, 0.25) is 0 Å². The number of aryl methyl sites for hydroxylation is 1. The largest absolute Gasteiger partial charge is 0.336 e. The first kappa shape index (κ1) is 24.1. The zero-order chi connectivity index (χ0) is 25.1. The van der Waals surface area contributed by atoms with Gasteiger partial charge >= 0.3 is 0 Å². The average Bonchev–Trinajstić information content (AvgIpc) is 3.32. The summed E-state index contributed by atoms with van der Waals surface area (Å²) in [6, 6.07) is 19.3. The standard InChI is InChI=1S/C29H30N4O2S/c1-20-17-23(29(35)33-16-6-3-7-21(33)2)11-14-26(20)31-28(34)22-9-12-25(13-10-22)36-19-24-18-32-15-5-4-8-27(32)30-24/h4-5,8-15,17-18,21H,3,6-7,16,19H2,1-2H3,(H,31,34). The van der Waals surface area contributed by atoms with E-state index in [1.54, 1.807) is 11.8 Å². The van der Waals surface area contributed by atoms with E-state index in [-0.39, 0.29) is 17.9 Å². The molecule has 0 spiro atoms. The maximum atomic E-state index is 13.0. The van der Waals surface area contributed by atoms with Crippen molar-refractivity contribution in [2.75, 3.05) is 11.9 Å². The van der Waals surface area contributed by atoms with Crippen LogP contribution in [0.3, 0.4) is 0 Å². The second kappa shape index (κ2) is 10.6. The van der Waals surface area contributed by atoms with Gasteiger partial charge in [-0.3, -0.25) is 9.59 Å². The van der Waals surface area contributed by atoms with Crippen LogP contribution in [0.4, 0.5) is 5.69 Å². The molecule has 1 fully saturated rings. The predicted molar refractivity (Wildman–Crippen MR) is 145 cm³/mol. The van der Waals surface area contributed by atoms with Gasteiger partial charge in [-0.2, -0.15) is 0 Å². The fourth-order valence-electron chi connectivity index (χ4n) is 4.61. The van der Waals surface area contributed by atoms with E-state index in [0.29, 0.717) is 16.8 Å². The van der Waals surface area contributed by atoms with Crippen LogP contribution in [0, 0.1) is 6.92 Å². The molecule has 7 heteroatoms. The Morgan fingerprint density at radius 2 is 1.86 bits per heavy atom. The Morgan fingerprint density at radius 1 is 1.06 bits per heavy atom. The summed E-state index contributed by atoms with van der Waals surface area (Å²) in [5.41, 5.74) is 4.81. The Labute approximate surface area is 215 Å². The molecule has 184 valence electrons. The molecule has 4 aromatic rings. The molecular formula is C29H30N4O2S. The Morgan fingerprint density at radius 3 is 2.61 bits per heavy atom. The minimum absolute atomic E-state index is 0.0694. The number of aromatic nitrogens is 2. The molecule has 1 aliphatic rings. The number of likely N-dealkylation sites (tertiary alicyclic amines) is 1. The lowest BCUT2D eigenvalue weighted by Gasteiger charge is -2.33. The van der Waals surface area contributed by atoms with Gasteiger partial charge in [-0.15, -0.1) is 11.8 Å². The number of nitrogens with zero attached hydrogens (tertiary/aromatic N) is 3. The van der Waals surface area contributed by atoms with E-state index in [9.17, 15) is 9.59 Å². The quantitative estimate of drug-likeness (QED) is 0.321. The number of carbonyl (C=O) groups is 2. The monoisotopic (exact) mass is 498 g/mol. The molecule has 1 saturated heterocycles. The number of thioether (sulfide) groups is 1. The highest BCUT2D eigenvalue weighted by Gasteiger charge is 2.24. The molecule has 0 radical (unpaired) electrons. The molecule has 6 nitrogen and oxygen atoms in total. The zero-order valence-corrected chi connectivity index (χ0v) is 21.4. The third-order valence-corrected chi connectivity index (χ3v) is 7.75. The van der Waals surface area contributed by atoms with E-state index in [1.807, 2.05) is 89.3 Å². The van der Waals surface area contributed by atoms with Gasteiger partial charge in [-0.1, -0.05) is 6.07 Å². The van der Waals surface area contributed by atoms with Crippen molar-refractivity contribution in [2.45, 2.75) is 49.8 Å². The maximum Gasteiger partial charge on any atom is 0.255 e. The first-order valence-corrected chi connectivity index (χ1v) is 13.3. The number of pyridine rings is 1. The fraction of sp³-hybridized carbons (Fsp3) is 0.276. The topological polar surface area (TPSA) is 66.7 Å². The maximum absolute atomic E-state index is 13.0. The number of piperidine rings is 1. The highest BCUT2D eigenvalue weighted by Crippen LogP contribution is 2.25. The van der Waals surface area contributed by atoms with Crippen LogP contribution in [0.25, 0.3) is 5.65 Å². The van der Waals surface area contributed by atoms with E-state index < -0.39 is 0 Å². The molecule has 5 rings (SSSR count). The minimum atomic E-state index is -0.168. The number of fused-ring (bicyclic) bond motifs is 1. The summed E-state index contributed by atoms with van der Waals surface area (Å²) in [5, 5.41) is 2.99.